The topological polar surface area (TPSA) is 80.5 Å². The van der Waals surface area contributed by atoms with E-state index in [1.165, 1.54) is 0 Å². The number of para-hydroxylation sites is 1. The van der Waals surface area contributed by atoms with Crippen molar-refractivity contribution in [2.75, 3.05) is 5.73 Å². The number of rotatable bonds is 1. The van der Waals surface area contributed by atoms with Gasteiger partial charge in [0.05, 0.1) is 16.6 Å². The summed E-state index contributed by atoms with van der Waals surface area (Å²) in [7, 11) is 0. The maximum atomic E-state index is 9.34. The molecule has 0 saturated carbocycles. The molecule has 104 valence electrons. The average molecular weight is 277 g/mol. The van der Waals surface area contributed by atoms with Crippen LogP contribution >= 0.6 is 0 Å². The van der Waals surface area contributed by atoms with Crippen LogP contribution in [0, 0.1) is 32.1 Å². The van der Waals surface area contributed by atoms with Gasteiger partial charge < -0.3 is 5.73 Å². The Morgan fingerprint density at radius 1 is 1.14 bits per heavy atom. The molecule has 0 aliphatic heterocycles. The van der Waals surface area contributed by atoms with Crippen LogP contribution < -0.4 is 5.73 Å². The van der Waals surface area contributed by atoms with Crippen LogP contribution in [0.1, 0.15) is 22.6 Å². The Bertz CT molecular complexity index is 899. The first-order valence-electron chi connectivity index (χ1n) is 6.65. The van der Waals surface area contributed by atoms with Gasteiger partial charge >= 0.3 is 0 Å². The van der Waals surface area contributed by atoms with E-state index in [0.29, 0.717) is 17.2 Å². The molecule has 3 rings (SSSR count). The van der Waals surface area contributed by atoms with E-state index in [4.69, 9.17) is 5.73 Å². The summed E-state index contributed by atoms with van der Waals surface area (Å²) in [5.41, 5.74) is 10.3. The number of nitrogens with zero attached hydrogens (tertiary/aromatic N) is 4. The molecular weight excluding hydrogens is 262 g/mol. The van der Waals surface area contributed by atoms with E-state index >= 15 is 0 Å². The van der Waals surface area contributed by atoms with Gasteiger partial charge in [0.15, 0.2) is 5.65 Å². The van der Waals surface area contributed by atoms with Crippen molar-refractivity contribution in [3.05, 3.63) is 46.9 Å². The second-order valence-corrected chi connectivity index (χ2v) is 5.03. The van der Waals surface area contributed by atoms with Gasteiger partial charge in [0.2, 0.25) is 0 Å². The van der Waals surface area contributed by atoms with Crippen LogP contribution in [-0.2, 0) is 0 Å². The van der Waals surface area contributed by atoms with Gasteiger partial charge in [0.25, 0.3) is 0 Å². The summed E-state index contributed by atoms with van der Waals surface area (Å²) < 4.78 is 1.98. The highest BCUT2D eigenvalue weighted by Gasteiger charge is 2.18. The highest BCUT2D eigenvalue weighted by Crippen LogP contribution is 2.31. The zero-order chi connectivity index (χ0) is 15.1. The fraction of sp³-hybridized carbons (Fsp3) is 0.188. The minimum absolute atomic E-state index is 0.478. The molecule has 0 saturated heterocycles. The number of nitrogen functional groups attached to an aromatic ring is 1. The molecule has 0 atom stereocenters. The van der Waals surface area contributed by atoms with Crippen molar-refractivity contribution in [2.24, 2.45) is 0 Å². The zero-order valence-corrected chi connectivity index (χ0v) is 12.2. The van der Waals surface area contributed by atoms with Crippen LogP contribution in [-0.4, -0.2) is 14.5 Å². The summed E-state index contributed by atoms with van der Waals surface area (Å²) in [6, 6.07) is 9.71. The van der Waals surface area contributed by atoms with Crippen LogP contribution in [0.25, 0.3) is 16.7 Å². The average Bonchev–Trinajstić information content (AvgIpc) is 2.70. The number of hydrogen-bond donors (Lipinski definition) is 1. The van der Waals surface area contributed by atoms with Gasteiger partial charge in [-0.15, -0.1) is 0 Å². The smallest absolute Gasteiger partial charge is 0.150 e. The molecule has 0 aliphatic rings. The highest BCUT2D eigenvalue weighted by atomic mass is 15.1. The summed E-state index contributed by atoms with van der Waals surface area (Å²) in [5.74, 6) is 1.10. The minimum atomic E-state index is 0.478. The first kappa shape index (κ1) is 13.1. The van der Waals surface area contributed by atoms with Crippen molar-refractivity contribution in [1.29, 1.82) is 5.26 Å². The van der Waals surface area contributed by atoms with E-state index in [2.05, 4.69) is 16.0 Å². The van der Waals surface area contributed by atoms with Crippen LogP contribution in [0.5, 0.6) is 0 Å². The third-order valence-electron chi connectivity index (χ3n) is 3.76. The summed E-state index contributed by atoms with van der Waals surface area (Å²) in [6.07, 6.45) is 0. The molecule has 21 heavy (non-hydrogen) atoms. The SMILES string of the molecule is Cc1nc(N)c2c(C)c(C)n(-c3ccccc3C#N)c2n1. The molecule has 0 radical (unpaired) electrons. The lowest BCUT2D eigenvalue weighted by molar-refractivity contribution is 0.992. The van der Waals surface area contributed by atoms with Crippen molar-refractivity contribution < 1.29 is 0 Å². The molecule has 2 aromatic heterocycles. The third-order valence-corrected chi connectivity index (χ3v) is 3.76. The van der Waals surface area contributed by atoms with Gasteiger partial charge in [-0.25, -0.2) is 9.97 Å². The summed E-state index contributed by atoms with van der Waals surface area (Å²) >= 11 is 0. The molecular formula is C16H15N5. The lowest BCUT2D eigenvalue weighted by Crippen LogP contribution is -2.03. The highest BCUT2D eigenvalue weighted by molar-refractivity contribution is 5.92. The van der Waals surface area contributed by atoms with E-state index in [1.807, 2.05) is 43.5 Å². The Hall–Kier alpha value is -2.87. The number of fused-ring (bicyclic) bond motifs is 1. The van der Waals surface area contributed by atoms with Crippen LogP contribution in [0.3, 0.4) is 0 Å². The quantitative estimate of drug-likeness (QED) is 0.741. The van der Waals surface area contributed by atoms with Crippen LogP contribution in [0.4, 0.5) is 5.82 Å². The zero-order valence-electron chi connectivity index (χ0n) is 12.2. The first-order chi connectivity index (χ1) is 10.0. The number of hydrogen-bond acceptors (Lipinski definition) is 4. The number of aryl methyl sites for hydroxylation is 2. The summed E-state index contributed by atoms with van der Waals surface area (Å²) in [4.78, 5) is 8.77. The van der Waals surface area contributed by atoms with E-state index in [-0.39, 0.29) is 0 Å². The van der Waals surface area contributed by atoms with E-state index in [9.17, 15) is 5.26 Å². The van der Waals surface area contributed by atoms with Crippen molar-refractivity contribution in [3.8, 4) is 11.8 Å². The number of anilines is 1. The molecule has 0 bridgehead atoms. The predicted molar refractivity (Wildman–Crippen MR) is 82.2 cm³/mol. The van der Waals surface area contributed by atoms with Crippen molar-refractivity contribution in [2.45, 2.75) is 20.8 Å². The molecule has 0 fully saturated rings. The van der Waals surface area contributed by atoms with E-state index in [0.717, 1.165) is 28.0 Å². The number of benzene rings is 1. The number of nitriles is 1. The Kier molecular flexibility index (Phi) is 2.88. The Morgan fingerprint density at radius 2 is 1.86 bits per heavy atom. The fourth-order valence-electron chi connectivity index (χ4n) is 2.67. The molecule has 5 nitrogen and oxygen atoms in total. The molecule has 2 heterocycles. The fourth-order valence-corrected chi connectivity index (χ4v) is 2.67. The molecule has 0 aliphatic carbocycles. The normalized spacial score (nSPS) is 10.8. The van der Waals surface area contributed by atoms with Gasteiger partial charge in [-0.1, -0.05) is 12.1 Å². The second-order valence-electron chi connectivity index (χ2n) is 5.03. The van der Waals surface area contributed by atoms with E-state index < -0.39 is 0 Å². The molecule has 0 amide bonds. The Balaban J connectivity index is 2.49. The monoisotopic (exact) mass is 277 g/mol. The lowest BCUT2D eigenvalue weighted by Gasteiger charge is -2.10. The third kappa shape index (κ3) is 1.84. The van der Waals surface area contributed by atoms with Gasteiger partial charge in [-0.3, -0.25) is 4.57 Å². The Labute approximate surface area is 122 Å². The van der Waals surface area contributed by atoms with Gasteiger partial charge in [0, 0.05) is 5.69 Å². The molecule has 2 N–H and O–H groups in total. The lowest BCUT2D eigenvalue weighted by atomic mass is 10.2. The van der Waals surface area contributed by atoms with Gasteiger partial charge in [0.1, 0.15) is 17.7 Å². The molecule has 1 aromatic carbocycles. The van der Waals surface area contributed by atoms with Crippen molar-refractivity contribution >= 4 is 16.9 Å². The van der Waals surface area contributed by atoms with Crippen molar-refractivity contribution in [3.63, 3.8) is 0 Å². The molecule has 0 unspecified atom stereocenters. The number of nitrogens with two attached hydrogens (primary N) is 1. The molecule has 5 heteroatoms. The maximum absolute atomic E-state index is 9.34. The van der Waals surface area contributed by atoms with Crippen LogP contribution in [0.2, 0.25) is 0 Å². The standard InChI is InChI=1S/C16H15N5/c1-9-10(2)21(13-7-5-4-6-12(13)8-17)16-14(9)15(18)19-11(3)20-16/h4-7H,1-3H3,(H2,18,19,20). The van der Waals surface area contributed by atoms with Crippen molar-refractivity contribution in [1.82, 2.24) is 14.5 Å². The second kappa shape index (κ2) is 4.60. The minimum Gasteiger partial charge on any atom is -0.383 e. The molecule has 0 spiro atoms. The van der Waals surface area contributed by atoms with Crippen LogP contribution in [0.15, 0.2) is 24.3 Å². The summed E-state index contributed by atoms with van der Waals surface area (Å²) in [6.45, 7) is 5.81. The predicted octanol–water partition coefficient (Wildman–Crippen LogP) is 2.80. The Morgan fingerprint density at radius 3 is 2.57 bits per heavy atom. The maximum Gasteiger partial charge on any atom is 0.150 e. The van der Waals surface area contributed by atoms with Gasteiger partial charge in [-0.05, 0) is 38.5 Å². The van der Waals surface area contributed by atoms with Gasteiger partial charge in [-0.2, -0.15) is 5.26 Å². The molecule has 3 aromatic rings. The summed E-state index contributed by atoms with van der Waals surface area (Å²) in [5, 5.41) is 10.2. The largest absolute Gasteiger partial charge is 0.383 e. The first-order valence-corrected chi connectivity index (χ1v) is 6.65. The number of aromatic nitrogens is 3. The van der Waals surface area contributed by atoms with E-state index in [1.54, 1.807) is 6.07 Å².